The minimum absolute atomic E-state index is 0.999. The summed E-state index contributed by atoms with van der Waals surface area (Å²) in [4.78, 5) is 4.91. The first kappa shape index (κ1) is 14.2. The molecule has 2 aliphatic rings. The average molecular weight is 317 g/mol. The molecule has 4 heterocycles. The van der Waals surface area contributed by atoms with E-state index in [1.165, 1.54) is 50.9 Å². The average Bonchev–Trinajstić information content (AvgIpc) is 3.29. The molecule has 0 bridgehead atoms. The zero-order chi connectivity index (χ0) is 14.8. The van der Waals surface area contributed by atoms with Gasteiger partial charge < -0.3 is 4.90 Å². The Balaban J connectivity index is 1.51. The summed E-state index contributed by atoms with van der Waals surface area (Å²) in [6.45, 7) is 5.72. The molecule has 2 saturated heterocycles. The van der Waals surface area contributed by atoms with Crippen LogP contribution in [0.15, 0.2) is 18.3 Å². The molecule has 0 atom stereocenters. The number of anilines is 1. The molecule has 0 spiro atoms. The third kappa shape index (κ3) is 2.90. The van der Waals surface area contributed by atoms with Crippen LogP contribution < -0.4 is 4.90 Å². The van der Waals surface area contributed by atoms with E-state index in [2.05, 4.69) is 42.9 Å². The Morgan fingerprint density at radius 3 is 2.45 bits per heavy atom. The second-order valence-corrected chi connectivity index (χ2v) is 7.20. The van der Waals surface area contributed by atoms with Crippen LogP contribution in [0.5, 0.6) is 0 Å². The Hall–Kier alpha value is -1.40. The Morgan fingerprint density at radius 2 is 1.64 bits per heavy atom. The summed E-state index contributed by atoms with van der Waals surface area (Å²) in [6.07, 6.45) is 8.72. The van der Waals surface area contributed by atoms with E-state index in [1.54, 1.807) is 11.3 Å². The summed E-state index contributed by atoms with van der Waals surface area (Å²) in [5.74, 6) is 0. The zero-order valence-corrected chi connectivity index (χ0v) is 13.8. The van der Waals surface area contributed by atoms with E-state index in [0.29, 0.717) is 0 Å². The van der Waals surface area contributed by atoms with Crippen molar-refractivity contribution in [1.82, 2.24) is 19.7 Å². The van der Waals surface area contributed by atoms with Crippen molar-refractivity contribution < 1.29 is 0 Å². The Morgan fingerprint density at radius 1 is 0.909 bits per heavy atom. The normalized spacial score (nSPS) is 19.9. The van der Waals surface area contributed by atoms with Gasteiger partial charge >= 0.3 is 0 Å². The molecule has 0 unspecified atom stereocenters. The fraction of sp³-hybridized carbons (Fsp3) is 0.625. The van der Waals surface area contributed by atoms with Crippen LogP contribution in [0.2, 0.25) is 0 Å². The predicted octanol–water partition coefficient (Wildman–Crippen LogP) is 2.91. The van der Waals surface area contributed by atoms with Crippen LogP contribution in [-0.2, 0) is 6.54 Å². The molecule has 6 heteroatoms. The smallest absolute Gasteiger partial charge is 0.218 e. The molecule has 4 rings (SSSR count). The standard InChI is InChI=1S/C16H23N5S/c1-2-8-19(9-3-1)13-14-7-6-12-21(14)16-18-17-15(22-16)20-10-4-5-11-20/h6-7,12H,1-5,8-11,13H2. The van der Waals surface area contributed by atoms with E-state index in [1.807, 2.05) is 0 Å². The van der Waals surface area contributed by atoms with Crippen LogP contribution in [0.25, 0.3) is 5.13 Å². The van der Waals surface area contributed by atoms with E-state index in [9.17, 15) is 0 Å². The first-order valence-corrected chi connectivity index (χ1v) is 9.19. The van der Waals surface area contributed by atoms with E-state index in [4.69, 9.17) is 0 Å². The largest absolute Gasteiger partial charge is 0.347 e. The highest BCUT2D eigenvalue weighted by atomic mass is 32.1. The van der Waals surface area contributed by atoms with Crippen LogP contribution in [0.3, 0.4) is 0 Å². The van der Waals surface area contributed by atoms with Crippen molar-refractivity contribution in [2.75, 3.05) is 31.1 Å². The van der Waals surface area contributed by atoms with Crippen molar-refractivity contribution in [3.63, 3.8) is 0 Å². The second kappa shape index (κ2) is 6.38. The molecule has 2 aliphatic heterocycles. The monoisotopic (exact) mass is 317 g/mol. The van der Waals surface area contributed by atoms with Crippen LogP contribution in [0.1, 0.15) is 37.8 Å². The molecule has 0 aliphatic carbocycles. The van der Waals surface area contributed by atoms with E-state index in [0.717, 1.165) is 29.9 Å². The molecule has 22 heavy (non-hydrogen) atoms. The lowest BCUT2D eigenvalue weighted by Gasteiger charge is -2.26. The first-order valence-electron chi connectivity index (χ1n) is 8.37. The van der Waals surface area contributed by atoms with Gasteiger partial charge in [0.2, 0.25) is 10.3 Å². The number of hydrogen-bond acceptors (Lipinski definition) is 5. The van der Waals surface area contributed by atoms with Gasteiger partial charge in [-0.05, 0) is 50.9 Å². The summed E-state index contributed by atoms with van der Waals surface area (Å²) < 4.78 is 2.21. The molecule has 0 radical (unpaired) electrons. The molecule has 118 valence electrons. The molecule has 0 aromatic carbocycles. The molecular formula is C16H23N5S. The van der Waals surface area contributed by atoms with Crippen molar-refractivity contribution in [3.05, 3.63) is 24.0 Å². The number of piperidine rings is 1. The third-order valence-corrected chi connectivity index (χ3v) is 5.64. The number of likely N-dealkylation sites (tertiary alicyclic amines) is 1. The van der Waals surface area contributed by atoms with Crippen LogP contribution in [0, 0.1) is 0 Å². The van der Waals surface area contributed by atoms with Crippen molar-refractivity contribution in [2.24, 2.45) is 0 Å². The highest BCUT2D eigenvalue weighted by molar-refractivity contribution is 7.17. The van der Waals surface area contributed by atoms with Gasteiger partial charge in [-0.25, -0.2) is 0 Å². The SMILES string of the molecule is c1cc(CN2CCCCC2)n(-c2nnc(N3CCCC3)s2)c1. The maximum absolute atomic E-state index is 4.43. The Kier molecular flexibility index (Phi) is 4.12. The topological polar surface area (TPSA) is 37.2 Å². The summed E-state index contributed by atoms with van der Waals surface area (Å²) >= 11 is 1.71. The second-order valence-electron chi connectivity index (χ2n) is 6.27. The molecule has 2 aromatic heterocycles. The maximum Gasteiger partial charge on any atom is 0.218 e. The molecule has 0 saturated carbocycles. The van der Waals surface area contributed by atoms with Gasteiger partial charge in [0.1, 0.15) is 0 Å². The molecule has 5 nitrogen and oxygen atoms in total. The summed E-state index contributed by atoms with van der Waals surface area (Å²) in [6, 6.07) is 4.34. The quantitative estimate of drug-likeness (QED) is 0.869. The molecule has 2 fully saturated rings. The van der Waals surface area contributed by atoms with Gasteiger partial charge in [-0.3, -0.25) is 9.47 Å². The highest BCUT2D eigenvalue weighted by Gasteiger charge is 2.19. The number of nitrogens with zero attached hydrogens (tertiary/aromatic N) is 5. The van der Waals surface area contributed by atoms with Crippen molar-refractivity contribution in [1.29, 1.82) is 0 Å². The number of hydrogen-bond donors (Lipinski definition) is 0. The molecule has 0 N–H and O–H groups in total. The Labute approximate surface area is 135 Å². The van der Waals surface area contributed by atoms with Gasteiger partial charge in [-0.1, -0.05) is 17.8 Å². The van der Waals surface area contributed by atoms with Gasteiger partial charge in [0, 0.05) is 31.5 Å². The fourth-order valence-electron chi connectivity index (χ4n) is 3.42. The van der Waals surface area contributed by atoms with Crippen molar-refractivity contribution in [3.8, 4) is 5.13 Å². The lowest BCUT2D eigenvalue weighted by Crippen LogP contribution is -2.29. The van der Waals surface area contributed by atoms with Gasteiger partial charge in [-0.2, -0.15) is 0 Å². The lowest BCUT2D eigenvalue weighted by atomic mass is 10.1. The van der Waals surface area contributed by atoms with Crippen molar-refractivity contribution in [2.45, 2.75) is 38.6 Å². The summed E-state index contributed by atoms with van der Waals surface area (Å²) in [5, 5.41) is 10.9. The van der Waals surface area contributed by atoms with Crippen LogP contribution in [-0.4, -0.2) is 45.8 Å². The predicted molar refractivity (Wildman–Crippen MR) is 89.8 cm³/mol. The minimum atomic E-state index is 0.999. The first-order chi connectivity index (χ1) is 10.9. The zero-order valence-electron chi connectivity index (χ0n) is 12.9. The van der Waals surface area contributed by atoms with Gasteiger partial charge in [0.25, 0.3) is 0 Å². The van der Waals surface area contributed by atoms with Crippen molar-refractivity contribution >= 4 is 16.5 Å². The van der Waals surface area contributed by atoms with E-state index < -0.39 is 0 Å². The van der Waals surface area contributed by atoms with E-state index in [-0.39, 0.29) is 0 Å². The van der Waals surface area contributed by atoms with Gasteiger partial charge in [-0.15, -0.1) is 10.2 Å². The Bertz CT molecular complexity index is 608. The molecule has 2 aromatic rings. The number of aromatic nitrogens is 3. The fourth-order valence-corrected chi connectivity index (χ4v) is 4.33. The van der Waals surface area contributed by atoms with Gasteiger partial charge in [0.15, 0.2) is 0 Å². The molecular weight excluding hydrogens is 294 g/mol. The highest BCUT2D eigenvalue weighted by Crippen LogP contribution is 2.27. The maximum atomic E-state index is 4.43. The van der Waals surface area contributed by atoms with Crippen LogP contribution in [0.4, 0.5) is 5.13 Å². The summed E-state index contributed by atoms with van der Waals surface area (Å²) in [5.41, 5.74) is 1.33. The van der Waals surface area contributed by atoms with Gasteiger partial charge in [0.05, 0.1) is 0 Å². The minimum Gasteiger partial charge on any atom is -0.347 e. The third-order valence-electron chi connectivity index (χ3n) is 4.65. The van der Waals surface area contributed by atoms with Crippen LogP contribution >= 0.6 is 11.3 Å². The van der Waals surface area contributed by atoms with E-state index >= 15 is 0 Å². The lowest BCUT2D eigenvalue weighted by molar-refractivity contribution is 0.217. The molecule has 0 amide bonds. The summed E-state index contributed by atoms with van der Waals surface area (Å²) in [7, 11) is 0. The number of rotatable bonds is 4.